The molecule has 2 amide bonds. The molecule has 0 aliphatic heterocycles. The lowest BCUT2D eigenvalue weighted by Crippen LogP contribution is -2.30. The molecule has 0 heterocycles. The van der Waals surface area contributed by atoms with Crippen LogP contribution in [0.5, 0.6) is 0 Å². The first-order chi connectivity index (χ1) is 10.8. The third-order valence-corrected chi connectivity index (χ3v) is 2.67. The van der Waals surface area contributed by atoms with Gasteiger partial charge >= 0.3 is 11.8 Å². The molecule has 0 unspecified atom stereocenters. The second-order valence-corrected chi connectivity index (χ2v) is 4.26. The van der Waals surface area contributed by atoms with Gasteiger partial charge in [0.25, 0.3) is 0 Å². The van der Waals surface area contributed by atoms with Crippen LogP contribution in [0.1, 0.15) is 0 Å². The van der Waals surface area contributed by atoms with Gasteiger partial charge in [-0.05, 0) is 24.3 Å². The van der Waals surface area contributed by atoms with Crippen molar-refractivity contribution in [2.24, 2.45) is 0 Å². The Morgan fingerprint density at radius 3 is 1.91 bits per heavy atom. The van der Waals surface area contributed by atoms with Crippen molar-refractivity contribution in [3.05, 3.63) is 59.4 Å². The van der Waals surface area contributed by atoms with Crippen LogP contribution in [0.15, 0.2) is 30.3 Å². The molecule has 2 N–H and O–H groups in total. The Labute approximate surface area is 125 Å². The molecular weight excluding hydrogens is 323 g/mol. The molecule has 4 nitrogen and oxygen atoms in total. The highest BCUT2D eigenvalue weighted by molar-refractivity contribution is 6.43. The summed E-state index contributed by atoms with van der Waals surface area (Å²) in [5.41, 5.74) is -1.40. The maximum atomic E-state index is 13.4. The van der Waals surface area contributed by atoms with Gasteiger partial charge in [0.05, 0.1) is 11.4 Å². The summed E-state index contributed by atoms with van der Waals surface area (Å²) in [4.78, 5) is 23.1. The van der Waals surface area contributed by atoms with Gasteiger partial charge in [0.2, 0.25) is 0 Å². The number of hydrogen-bond acceptors (Lipinski definition) is 2. The zero-order chi connectivity index (χ0) is 17.1. The Hall–Kier alpha value is -2.97. The average Bonchev–Trinajstić information content (AvgIpc) is 2.51. The molecule has 2 aromatic rings. The van der Waals surface area contributed by atoms with Crippen molar-refractivity contribution >= 4 is 23.2 Å². The Kier molecular flexibility index (Phi) is 4.58. The van der Waals surface area contributed by atoms with E-state index in [0.29, 0.717) is 18.2 Å². The van der Waals surface area contributed by atoms with Crippen LogP contribution in [-0.4, -0.2) is 11.8 Å². The van der Waals surface area contributed by atoms with Crippen molar-refractivity contribution in [3.63, 3.8) is 0 Å². The van der Waals surface area contributed by atoms with Crippen LogP contribution in [0.2, 0.25) is 0 Å². The van der Waals surface area contributed by atoms with E-state index >= 15 is 0 Å². The van der Waals surface area contributed by atoms with Crippen LogP contribution in [0.3, 0.4) is 0 Å². The second-order valence-electron chi connectivity index (χ2n) is 4.26. The van der Waals surface area contributed by atoms with E-state index in [9.17, 15) is 31.5 Å². The molecule has 0 spiro atoms. The summed E-state index contributed by atoms with van der Waals surface area (Å²) < 4.78 is 65.3. The number of halogens is 5. The zero-order valence-electron chi connectivity index (χ0n) is 11.1. The molecule has 23 heavy (non-hydrogen) atoms. The number of carbonyl (C=O) groups is 2. The Balaban J connectivity index is 2.13. The van der Waals surface area contributed by atoms with Crippen molar-refractivity contribution in [2.75, 3.05) is 10.6 Å². The number of amides is 2. The molecule has 0 fully saturated rings. The first-order valence-electron chi connectivity index (χ1n) is 6.00. The van der Waals surface area contributed by atoms with E-state index < -0.39 is 52.3 Å². The van der Waals surface area contributed by atoms with E-state index in [1.165, 1.54) is 0 Å². The first-order valence-corrected chi connectivity index (χ1v) is 6.00. The maximum Gasteiger partial charge on any atom is 0.314 e. The van der Waals surface area contributed by atoms with Crippen molar-refractivity contribution < 1.29 is 31.5 Å². The standard InChI is InChI=1S/C14H7F5N2O2/c15-6-1-2-7(16)10(5-6)21-14(23)13(22)20-9-4-3-8(17)11(18)12(9)19/h1-5H,(H,20,22)(H,21,23). The number of carbonyl (C=O) groups excluding carboxylic acids is 2. The third kappa shape index (κ3) is 3.62. The minimum absolute atomic E-state index is 0.540. The summed E-state index contributed by atoms with van der Waals surface area (Å²) in [6.45, 7) is 0. The number of hydrogen-bond donors (Lipinski definition) is 2. The summed E-state index contributed by atoms with van der Waals surface area (Å²) in [6, 6.07) is 3.37. The van der Waals surface area contributed by atoms with Gasteiger partial charge in [-0.1, -0.05) is 0 Å². The highest BCUT2D eigenvalue weighted by Gasteiger charge is 2.20. The van der Waals surface area contributed by atoms with Gasteiger partial charge in [-0.3, -0.25) is 9.59 Å². The molecule has 0 saturated heterocycles. The van der Waals surface area contributed by atoms with Gasteiger partial charge in [-0.25, -0.2) is 22.0 Å². The number of rotatable bonds is 2. The molecular formula is C14H7F5N2O2. The lowest BCUT2D eigenvalue weighted by atomic mass is 10.2. The number of anilines is 2. The van der Waals surface area contributed by atoms with Crippen LogP contribution in [-0.2, 0) is 9.59 Å². The lowest BCUT2D eigenvalue weighted by Gasteiger charge is -2.08. The van der Waals surface area contributed by atoms with Crippen LogP contribution >= 0.6 is 0 Å². The summed E-state index contributed by atoms with van der Waals surface area (Å²) in [5, 5.41) is 3.44. The molecule has 2 rings (SSSR count). The largest absolute Gasteiger partial charge is 0.315 e. The van der Waals surface area contributed by atoms with E-state index in [-0.39, 0.29) is 0 Å². The van der Waals surface area contributed by atoms with Gasteiger partial charge < -0.3 is 10.6 Å². The van der Waals surface area contributed by atoms with Gasteiger partial charge in [-0.15, -0.1) is 0 Å². The molecule has 0 atom stereocenters. The van der Waals surface area contributed by atoms with E-state index in [2.05, 4.69) is 0 Å². The van der Waals surface area contributed by atoms with E-state index in [0.717, 1.165) is 12.1 Å². The van der Waals surface area contributed by atoms with E-state index in [1.54, 1.807) is 10.6 Å². The molecule has 120 valence electrons. The number of benzene rings is 2. The van der Waals surface area contributed by atoms with Crippen LogP contribution in [0.4, 0.5) is 33.3 Å². The van der Waals surface area contributed by atoms with Crippen molar-refractivity contribution in [1.82, 2.24) is 0 Å². The topological polar surface area (TPSA) is 58.2 Å². The first kappa shape index (κ1) is 16.4. The van der Waals surface area contributed by atoms with Crippen LogP contribution < -0.4 is 10.6 Å². The monoisotopic (exact) mass is 330 g/mol. The third-order valence-electron chi connectivity index (χ3n) is 2.67. The van der Waals surface area contributed by atoms with Gasteiger partial charge in [0.15, 0.2) is 17.5 Å². The highest BCUT2D eigenvalue weighted by atomic mass is 19.2. The Morgan fingerprint density at radius 1 is 0.696 bits per heavy atom. The summed E-state index contributed by atoms with van der Waals surface area (Å²) in [5.74, 6) is -9.84. The molecule has 9 heteroatoms. The molecule has 0 bridgehead atoms. The molecule has 0 aromatic heterocycles. The van der Waals surface area contributed by atoms with Crippen molar-refractivity contribution in [2.45, 2.75) is 0 Å². The minimum atomic E-state index is -1.83. The second kappa shape index (κ2) is 6.42. The predicted octanol–water partition coefficient (Wildman–Crippen LogP) is 2.96. The van der Waals surface area contributed by atoms with Crippen molar-refractivity contribution in [3.8, 4) is 0 Å². The summed E-state index contributed by atoms with van der Waals surface area (Å²) in [7, 11) is 0. The lowest BCUT2D eigenvalue weighted by molar-refractivity contribution is -0.133. The molecule has 0 aliphatic rings. The van der Waals surface area contributed by atoms with E-state index in [4.69, 9.17) is 0 Å². The normalized spacial score (nSPS) is 10.3. The molecule has 0 aliphatic carbocycles. The fourth-order valence-corrected chi connectivity index (χ4v) is 1.57. The average molecular weight is 330 g/mol. The highest BCUT2D eigenvalue weighted by Crippen LogP contribution is 2.20. The zero-order valence-corrected chi connectivity index (χ0v) is 11.1. The fourth-order valence-electron chi connectivity index (χ4n) is 1.57. The Morgan fingerprint density at radius 2 is 1.26 bits per heavy atom. The maximum absolute atomic E-state index is 13.4. The quantitative estimate of drug-likeness (QED) is 0.505. The summed E-state index contributed by atoms with van der Waals surface area (Å²) >= 11 is 0. The summed E-state index contributed by atoms with van der Waals surface area (Å²) in [6.07, 6.45) is 0. The SMILES string of the molecule is O=C(Nc1cc(F)ccc1F)C(=O)Nc1ccc(F)c(F)c1F. The van der Waals surface area contributed by atoms with E-state index in [1.807, 2.05) is 0 Å². The molecule has 2 aromatic carbocycles. The van der Waals surface area contributed by atoms with Crippen molar-refractivity contribution in [1.29, 1.82) is 0 Å². The van der Waals surface area contributed by atoms with Gasteiger partial charge in [-0.2, -0.15) is 0 Å². The number of nitrogens with one attached hydrogen (secondary N) is 2. The minimum Gasteiger partial charge on any atom is -0.315 e. The van der Waals surface area contributed by atoms with Crippen LogP contribution in [0, 0.1) is 29.1 Å². The molecule has 0 radical (unpaired) electrons. The predicted molar refractivity (Wildman–Crippen MR) is 69.9 cm³/mol. The smallest absolute Gasteiger partial charge is 0.314 e. The van der Waals surface area contributed by atoms with Gasteiger partial charge in [0.1, 0.15) is 11.6 Å². The molecule has 0 saturated carbocycles. The van der Waals surface area contributed by atoms with Crippen LogP contribution in [0.25, 0.3) is 0 Å². The van der Waals surface area contributed by atoms with Gasteiger partial charge in [0, 0.05) is 6.07 Å². The Bertz CT molecular complexity index is 795. The fraction of sp³-hybridized carbons (Fsp3) is 0.